The van der Waals surface area contributed by atoms with Gasteiger partial charge in [0.05, 0.1) is 11.6 Å². The van der Waals surface area contributed by atoms with E-state index in [4.69, 9.17) is 16.3 Å². The van der Waals surface area contributed by atoms with Crippen molar-refractivity contribution >= 4 is 11.6 Å². The molecule has 0 aromatic carbocycles. The van der Waals surface area contributed by atoms with Crippen LogP contribution in [0.1, 0.15) is 12.8 Å². The maximum absolute atomic E-state index is 12.8. The summed E-state index contributed by atoms with van der Waals surface area (Å²) >= 11 is 5.46. The monoisotopic (exact) mass is 201 g/mol. The molecule has 1 saturated carbocycles. The van der Waals surface area contributed by atoms with Gasteiger partial charge in [-0.15, -0.1) is 0 Å². The van der Waals surface area contributed by atoms with Crippen molar-refractivity contribution in [2.45, 2.75) is 12.8 Å². The highest BCUT2D eigenvalue weighted by Gasteiger charge is 2.22. The van der Waals surface area contributed by atoms with Gasteiger partial charge in [0.15, 0.2) is 0 Å². The Morgan fingerprint density at radius 3 is 2.92 bits per heavy atom. The Morgan fingerprint density at radius 1 is 1.54 bits per heavy atom. The quantitative estimate of drug-likeness (QED) is 0.702. The van der Waals surface area contributed by atoms with Crippen molar-refractivity contribution in [2.24, 2.45) is 5.92 Å². The number of pyridine rings is 1. The standard InChI is InChI=1S/C9H9ClFNO/c10-7-3-4-8(12-9(7)11)13-5-6-1-2-6/h3-4,6H,1-2,5H2. The molecule has 0 amide bonds. The fourth-order valence-electron chi connectivity index (χ4n) is 0.969. The van der Waals surface area contributed by atoms with E-state index in [0.29, 0.717) is 18.4 Å². The molecule has 1 fully saturated rings. The summed E-state index contributed by atoms with van der Waals surface area (Å²) in [5.74, 6) is 0.282. The molecule has 0 saturated heterocycles. The van der Waals surface area contributed by atoms with E-state index in [0.717, 1.165) is 0 Å². The minimum atomic E-state index is -0.671. The second-order valence-electron chi connectivity index (χ2n) is 3.18. The Hall–Kier alpha value is -0.830. The van der Waals surface area contributed by atoms with Gasteiger partial charge in [-0.2, -0.15) is 9.37 Å². The summed E-state index contributed by atoms with van der Waals surface area (Å²) in [5, 5.41) is 0.0266. The second kappa shape index (κ2) is 3.50. The number of aromatic nitrogens is 1. The Kier molecular flexibility index (Phi) is 2.36. The predicted molar refractivity (Wildman–Crippen MR) is 47.4 cm³/mol. The zero-order valence-corrected chi connectivity index (χ0v) is 7.72. The zero-order valence-electron chi connectivity index (χ0n) is 6.96. The molecule has 0 bridgehead atoms. The van der Waals surface area contributed by atoms with Crippen LogP contribution in [0.5, 0.6) is 5.88 Å². The first kappa shape index (κ1) is 8.75. The molecule has 0 atom stereocenters. The molecule has 0 spiro atoms. The summed E-state index contributed by atoms with van der Waals surface area (Å²) in [6.07, 6.45) is 2.41. The van der Waals surface area contributed by atoms with Gasteiger partial charge >= 0.3 is 0 Å². The fourth-order valence-corrected chi connectivity index (χ4v) is 1.07. The minimum Gasteiger partial charge on any atom is -0.477 e. The van der Waals surface area contributed by atoms with Crippen LogP contribution in [0, 0.1) is 11.9 Å². The van der Waals surface area contributed by atoms with Crippen LogP contribution >= 0.6 is 11.6 Å². The van der Waals surface area contributed by atoms with Crippen molar-refractivity contribution in [1.29, 1.82) is 0 Å². The van der Waals surface area contributed by atoms with Gasteiger partial charge in [-0.1, -0.05) is 11.6 Å². The lowest BCUT2D eigenvalue weighted by atomic mass is 10.4. The molecule has 0 unspecified atom stereocenters. The SMILES string of the molecule is Fc1nc(OCC2CC2)ccc1Cl. The smallest absolute Gasteiger partial charge is 0.234 e. The first-order valence-electron chi connectivity index (χ1n) is 4.20. The lowest BCUT2D eigenvalue weighted by Gasteiger charge is -2.03. The molecule has 1 aromatic heterocycles. The molecule has 0 aliphatic heterocycles. The Labute approximate surface area is 80.7 Å². The van der Waals surface area contributed by atoms with Gasteiger partial charge in [-0.3, -0.25) is 0 Å². The average Bonchev–Trinajstić information content (AvgIpc) is 2.91. The van der Waals surface area contributed by atoms with E-state index in [-0.39, 0.29) is 5.02 Å². The molecule has 0 radical (unpaired) electrons. The first-order chi connectivity index (χ1) is 6.25. The largest absolute Gasteiger partial charge is 0.477 e. The molecule has 1 aliphatic rings. The third kappa shape index (κ3) is 2.31. The van der Waals surface area contributed by atoms with E-state index in [1.807, 2.05) is 0 Å². The number of hydrogen-bond donors (Lipinski definition) is 0. The van der Waals surface area contributed by atoms with E-state index in [1.165, 1.54) is 18.9 Å². The van der Waals surface area contributed by atoms with Gasteiger partial charge in [-0.05, 0) is 24.8 Å². The van der Waals surface area contributed by atoms with E-state index >= 15 is 0 Å². The van der Waals surface area contributed by atoms with Crippen LogP contribution in [0.15, 0.2) is 12.1 Å². The van der Waals surface area contributed by atoms with Crippen molar-refractivity contribution in [3.63, 3.8) is 0 Å². The van der Waals surface area contributed by atoms with Crippen LogP contribution in [0.2, 0.25) is 5.02 Å². The number of nitrogens with zero attached hydrogens (tertiary/aromatic N) is 1. The summed E-state index contributed by atoms with van der Waals surface area (Å²) < 4.78 is 18.1. The van der Waals surface area contributed by atoms with Crippen molar-refractivity contribution in [3.05, 3.63) is 23.1 Å². The Balaban J connectivity index is 1.98. The fraction of sp³-hybridized carbons (Fsp3) is 0.444. The molecule has 1 heterocycles. The van der Waals surface area contributed by atoms with Crippen LogP contribution in [-0.2, 0) is 0 Å². The van der Waals surface area contributed by atoms with Crippen LogP contribution < -0.4 is 4.74 Å². The number of ether oxygens (including phenoxy) is 1. The van der Waals surface area contributed by atoms with Crippen LogP contribution in [0.25, 0.3) is 0 Å². The molecule has 0 N–H and O–H groups in total. The van der Waals surface area contributed by atoms with Crippen LogP contribution in [0.3, 0.4) is 0 Å². The normalized spacial score (nSPS) is 15.8. The molecule has 4 heteroatoms. The predicted octanol–water partition coefficient (Wildman–Crippen LogP) is 2.66. The lowest BCUT2D eigenvalue weighted by Crippen LogP contribution is -2.01. The third-order valence-electron chi connectivity index (χ3n) is 1.94. The maximum Gasteiger partial charge on any atom is 0.234 e. The topological polar surface area (TPSA) is 22.1 Å². The number of rotatable bonds is 3. The zero-order chi connectivity index (χ0) is 9.26. The van der Waals surface area contributed by atoms with E-state index in [1.54, 1.807) is 6.07 Å². The van der Waals surface area contributed by atoms with Gasteiger partial charge in [0.1, 0.15) is 0 Å². The summed E-state index contributed by atoms with van der Waals surface area (Å²) in [7, 11) is 0. The summed E-state index contributed by atoms with van der Waals surface area (Å²) in [4.78, 5) is 3.55. The molecule has 2 rings (SSSR count). The van der Waals surface area contributed by atoms with Gasteiger partial charge in [-0.25, -0.2) is 0 Å². The van der Waals surface area contributed by atoms with Crippen molar-refractivity contribution in [1.82, 2.24) is 4.98 Å². The van der Waals surface area contributed by atoms with E-state index in [2.05, 4.69) is 4.98 Å². The minimum absolute atomic E-state index is 0.0266. The first-order valence-corrected chi connectivity index (χ1v) is 4.58. The highest BCUT2D eigenvalue weighted by atomic mass is 35.5. The number of hydrogen-bond acceptors (Lipinski definition) is 2. The number of halogens is 2. The molecule has 2 nitrogen and oxygen atoms in total. The Morgan fingerprint density at radius 2 is 2.31 bits per heavy atom. The molecule has 1 aliphatic carbocycles. The lowest BCUT2D eigenvalue weighted by molar-refractivity contribution is 0.284. The summed E-state index contributed by atoms with van der Waals surface area (Å²) in [5.41, 5.74) is 0. The summed E-state index contributed by atoms with van der Waals surface area (Å²) in [6.45, 7) is 0.633. The van der Waals surface area contributed by atoms with Crippen molar-refractivity contribution in [3.8, 4) is 5.88 Å². The van der Waals surface area contributed by atoms with Gasteiger partial charge < -0.3 is 4.74 Å². The summed E-state index contributed by atoms with van der Waals surface area (Å²) in [6, 6.07) is 3.03. The van der Waals surface area contributed by atoms with Crippen LogP contribution in [-0.4, -0.2) is 11.6 Å². The molecule has 1 aromatic rings. The van der Waals surface area contributed by atoms with E-state index in [9.17, 15) is 4.39 Å². The van der Waals surface area contributed by atoms with Crippen LogP contribution in [0.4, 0.5) is 4.39 Å². The van der Waals surface area contributed by atoms with E-state index < -0.39 is 5.95 Å². The maximum atomic E-state index is 12.8. The highest BCUT2D eigenvalue weighted by Crippen LogP contribution is 2.29. The molecular formula is C9H9ClFNO. The van der Waals surface area contributed by atoms with Gasteiger partial charge in [0.2, 0.25) is 11.8 Å². The molecular weight excluding hydrogens is 193 g/mol. The van der Waals surface area contributed by atoms with Gasteiger partial charge in [0, 0.05) is 6.07 Å². The third-order valence-corrected chi connectivity index (χ3v) is 2.22. The Bertz CT molecular complexity index is 314. The highest BCUT2D eigenvalue weighted by molar-refractivity contribution is 6.30. The van der Waals surface area contributed by atoms with Gasteiger partial charge in [0.25, 0.3) is 0 Å². The second-order valence-corrected chi connectivity index (χ2v) is 3.58. The average molecular weight is 202 g/mol. The molecule has 70 valence electrons. The van der Waals surface area contributed by atoms with Crippen molar-refractivity contribution in [2.75, 3.05) is 6.61 Å². The van der Waals surface area contributed by atoms with Crippen molar-refractivity contribution < 1.29 is 9.13 Å². The molecule has 13 heavy (non-hydrogen) atoms.